The number of hydrogen-bond donors (Lipinski definition) is 1. The Bertz CT molecular complexity index is 1100. The average Bonchev–Trinajstić information content (AvgIpc) is 3.22. The molecule has 0 saturated carbocycles. The predicted molar refractivity (Wildman–Crippen MR) is 111 cm³/mol. The quantitative estimate of drug-likeness (QED) is 0.522. The summed E-state index contributed by atoms with van der Waals surface area (Å²) in [6.45, 7) is 3.48. The third kappa shape index (κ3) is 4.35. The standard InChI is InChI=1S/C20H23N3O7S/c1-14-2-4-16(23(25)26)11-20(14)31(27,28)22-8-6-21(7-9-22)12-17(24)15-3-5-18-19(10-15)30-13-29-18/h2-5,10-11,17,24H,6-9,12-13H2,1H3. The van der Waals surface area contributed by atoms with Gasteiger partial charge in [0.1, 0.15) is 0 Å². The van der Waals surface area contributed by atoms with Gasteiger partial charge < -0.3 is 14.6 Å². The first-order valence-corrected chi connectivity index (χ1v) is 11.2. The van der Waals surface area contributed by atoms with Gasteiger partial charge in [-0.15, -0.1) is 0 Å². The van der Waals surface area contributed by atoms with Crippen LogP contribution < -0.4 is 9.47 Å². The molecule has 10 nitrogen and oxygen atoms in total. The fourth-order valence-corrected chi connectivity index (χ4v) is 5.41. The van der Waals surface area contributed by atoms with Crippen LogP contribution in [0, 0.1) is 17.0 Å². The van der Waals surface area contributed by atoms with Crippen LogP contribution >= 0.6 is 0 Å². The summed E-state index contributed by atoms with van der Waals surface area (Å²) in [7, 11) is -3.85. The van der Waals surface area contributed by atoms with Gasteiger partial charge in [0.05, 0.1) is 15.9 Å². The number of β-amino-alcohol motifs (C(OH)–C–C–N with tert-alkyl or cyclic N) is 1. The molecule has 0 aromatic heterocycles. The fraction of sp³-hybridized carbons (Fsp3) is 0.400. The zero-order valence-corrected chi connectivity index (χ0v) is 17.7. The van der Waals surface area contributed by atoms with E-state index in [4.69, 9.17) is 9.47 Å². The zero-order valence-electron chi connectivity index (χ0n) is 16.9. The predicted octanol–water partition coefficient (Wildman–Crippen LogP) is 1.67. The Labute approximate surface area is 179 Å². The zero-order chi connectivity index (χ0) is 22.2. The summed E-state index contributed by atoms with van der Waals surface area (Å²) in [6, 6.07) is 9.14. The molecular weight excluding hydrogens is 426 g/mol. The molecule has 2 aliphatic rings. The van der Waals surface area contributed by atoms with Crippen molar-refractivity contribution < 1.29 is 27.9 Å². The smallest absolute Gasteiger partial charge is 0.270 e. The van der Waals surface area contributed by atoms with Gasteiger partial charge in [0, 0.05) is 44.9 Å². The van der Waals surface area contributed by atoms with Crippen LogP contribution in [-0.2, 0) is 10.0 Å². The third-order valence-electron chi connectivity index (χ3n) is 5.54. The maximum Gasteiger partial charge on any atom is 0.270 e. The van der Waals surface area contributed by atoms with Gasteiger partial charge in [0.25, 0.3) is 5.69 Å². The number of aryl methyl sites for hydroxylation is 1. The molecule has 2 heterocycles. The summed E-state index contributed by atoms with van der Waals surface area (Å²) in [4.78, 5) is 12.4. The van der Waals surface area contributed by atoms with Gasteiger partial charge in [0.15, 0.2) is 11.5 Å². The SMILES string of the molecule is Cc1ccc([N+](=O)[O-])cc1S(=O)(=O)N1CCN(CC(O)c2ccc3c(c2)OCO3)CC1. The van der Waals surface area contributed by atoms with E-state index in [1.165, 1.54) is 16.4 Å². The Kier molecular flexibility index (Phi) is 5.84. The highest BCUT2D eigenvalue weighted by molar-refractivity contribution is 7.89. The highest BCUT2D eigenvalue weighted by Crippen LogP contribution is 2.34. The van der Waals surface area contributed by atoms with Gasteiger partial charge in [0.2, 0.25) is 16.8 Å². The van der Waals surface area contributed by atoms with Crippen molar-refractivity contribution in [1.29, 1.82) is 0 Å². The minimum atomic E-state index is -3.85. The second-order valence-electron chi connectivity index (χ2n) is 7.54. The molecule has 4 rings (SSSR count). The van der Waals surface area contributed by atoms with E-state index in [0.29, 0.717) is 42.3 Å². The molecule has 166 valence electrons. The fourth-order valence-electron chi connectivity index (χ4n) is 3.74. The van der Waals surface area contributed by atoms with Gasteiger partial charge in [-0.1, -0.05) is 12.1 Å². The lowest BCUT2D eigenvalue weighted by atomic mass is 10.1. The van der Waals surface area contributed by atoms with E-state index in [-0.39, 0.29) is 30.5 Å². The Balaban J connectivity index is 1.40. The van der Waals surface area contributed by atoms with Crippen molar-refractivity contribution in [2.45, 2.75) is 17.9 Å². The van der Waals surface area contributed by atoms with E-state index in [1.54, 1.807) is 25.1 Å². The number of rotatable bonds is 6. The highest BCUT2D eigenvalue weighted by Gasteiger charge is 2.31. The number of aliphatic hydroxyl groups is 1. The van der Waals surface area contributed by atoms with E-state index < -0.39 is 21.1 Å². The van der Waals surface area contributed by atoms with Crippen molar-refractivity contribution in [3.8, 4) is 11.5 Å². The number of hydrogen-bond acceptors (Lipinski definition) is 8. The van der Waals surface area contributed by atoms with Crippen LogP contribution in [0.5, 0.6) is 11.5 Å². The molecular formula is C20H23N3O7S. The number of nitrogens with zero attached hydrogens (tertiary/aromatic N) is 3. The van der Waals surface area contributed by atoms with E-state index in [9.17, 15) is 23.6 Å². The van der Waals surface area contributed by atoms with Crippen molar-refractivity contribution in [3.63, 3.8) is 0 Å². The first-order chi connectivity index (χ1) is 14.8. The van der Waals surface area contributed by atoms with E-state index in [2.05, 4.69) is 0 Å². The van der Waals surface area contributed by atoms with Crippen molar-refractivity contribution >= 4 is 15.7 Å². The maximum atomic E-state index is 13.1. The summed E-state index contributed by atoms with van der Waals surface area (Å²) in [5.41, 5.74) is 0.910. The number of sulfonamides is 1. The van der Waals surface area contributed by atoms with Crippen LogP contribution in [-0.4, -0.2) is 67.2 Å². The Morgan fingerprint density at radius 1 is 1.10 bits per heavy atom. The van der Waals surface area contributed by atoms with E-state index >= 15 is 0 Å². The molecule has 1 atom stereocenters. The number of fused-ring (bicyclic) bond motifs is 1. The second-order valence-corrected chi connectivity index (χ2v) is 9.45. The monoisotopic (exact) mass is 449 g/mol. The molecule has 0 bridgehead atoms. The minimum Gasteiger partial charge on any atom is -0.454 e. The van der Waals surface area contributed by atoms with Gasteiger partial charge in [-0.2, -0.15) is 4.31 Å². The lowest BCUT2D eigenvalue weighted by Gasteiger charge is -2.35. The van der Waals surface area contributed by atoms with Gasteiger partial charge >= 0.3 is 0 Å². The second kappa shape index (κ2) is 8.42. The number of nitro groups is 1. The van der Waals surface area contributed by atoms with Gasteiger partial charge in [-0.3, -0.25) is 15.0 Å². The number of aliphatic hydroxyl groups excluding tert-OH is 1. The molecule has 31 heavy (non-hydrogen) atoms. The number of ether oxygens (including phenoxy) is 2. The molecule has 2 aliphatic heterocycles. The van der Waals surface area contributed by atoms with Crippen LogP contribution in [0.25, 0.3) is 0 Å². The van der Waals surface area contributed by atoms with Crippen molar-refractivity contribution in [2.24, 2.45) is 0 Å². The summed E-state index contributed by atoms with van der Waals surface area (Å²) in [6.07, 6.45) is -0.753. The number of nitro benzene ring substituents is 1. The molecule has 2 aromatic carbocycles. The van der Waals surface area contributed by atoms with Crippen molar-refractivity contribution in [3.05, 3.63) is 57.6 Å². The molecule has 1 unspecified atom stereocenters. The number of non-ortho nitro benzene ring substituents is 1. The summed E-state index contributed by atoms with van der Waals surface area (Å²) in [5.74, 6) is 1.24. The molecule has 1 fully saturated rings. The molecule has 0 radical (unpaired) electrons. The molecule has 0 spiro atoms. The topological polar surface area (TPSA) is 122 Å². The van der Waals surface area contributed by atoms with Crippen molar-refractivity contribution in [1.82, 2.24) is 9.21 Å². The average molecular weight is 449 g/mol. The van der Waals surface area contributed by atoms with Crippen LogP contribution in [0.3, 0.4) is 0 Å². The Morgan fingerprint density at radius 3 is 2.52 bits per heavy atom. The Morgan fingerprint density at radius 2 is 1.81 bits per heavy atom. The lowest BCUT2D eigenvalue weighted by Crippen LogP contribution is -2.49. The van der Waals surface area contributed by atoms with Crippen LogP contribution in [0.15, 0.2) is 41.3 Å². The molecule has 1 saturated heterocycles. The number of piperazine rings is 1. The minimum absolute atomic E-state index is 0.0458. The molecule has 0 aliphatic carbocycles. The van der Waals surface area contributed by atoms with Gasteiger partial charge in [-0.25, -0.2) is 8.42 Å². The lowest BCUT2D eigenvalue weighted by molar-refractivity contribution is -0.385. The largest absolute Gasteiger partial charge is 0.454 e. The molecule has 11 heteroatoms. The molecule has 1 N–H and O–H groups in total. The Hall–Kier alpha value is -2.73. The van der Waals surface area contributed by atoms with E-state index in [0.717, 1.165) is 6.07 Å². The van der Waals surface area contributed by atoms with Crippen LogP contribution in [0.1, 0.15) is 17.2 Å². The van der Waals surface area contributed by atoms with E-state index in [1.807, 2.05) is 4.90 Å². The first kappa shape index (κ1) is 21.5. The first-order valence-electron chi connectivity index (χ1n) is 9.81. The highest BCUT2D eigenvalue weighted by atomic mass is 32.2. The summed E-state index contributed by atoms with van der Waals surface area (Å²) >= 11 is 0. The normalized spacial score (nSPS) is 18.1. The van der Waals surface area contributed by atoms with Crippen molar-refractivity contribution in [2.75, 3.05) is 39.5 Å². The third-order valence-corrected chi connectivity index (χ3v) is 7.58. The number of benzene rings is 2. The summed E-state index contributed by atoms with van der Waals surface area (Å²) in [5, 5.41) is 21.6. The molecule has 0 amide bonds. The maximum absolute atomic E-state index is 13.1. The van der Waals surface area contributed by atoms with Gasteiger partial charge in [-0.05, 0) is 30.2 Å². The van der Waals surface area contributed by atoms with Crippen LogP contribution in [0.4, 0.5) is 5.69 Å². The molecule has 2 aromatic rings. The van der Waals surface area contributed by atoms with Crippen LogP contribution in [0.2, 0.25) is 0 Å². The summed E-state index contributed by atoms with van der Waals surface area (Å²) < 4.78 is 38.1.